The number of likely N-dealkylation sites (tertiary alicyclic amines) is 1. The van der Waals surface area contributed by atoms with Gasteiger partial charge < -0.3 is 9.47 Å². The van der Waals surface area contributed by atoms with Crippen LogP contribution in [-0.4, -0.2) is 38.9 Å². The molecule has 1 atom stereocenters. The van der Waals surface area contributed by atoms with Gasteiger partial charge in [-0.2, -0.15) is 0 Å². The highest BCUT2D eigenvalue weighted by molar-refractivity contribution is 5.97. The van der Waals surface area contributed by atoms with Crippen LogP contribution in [0, 0.1) is 0 Å². The Balaban J connectivity index is 1.85. The zero-order chi connectivity index (χ0) is 17.8. The number of hydrogen-bond acceptors (Lipinski definition) is 3. The SMILES string of the molecule is CCCn1c(NC(=O)[C@H]2CCCCN2C(=O)CC)nc2ccccc21. The van der Waals surface area contributed by atoms with Crippen molar-refractivity contribution >= 4 is 28.8 Å². The van der Waals surface area contributed by atoms with Crippen molar-refractivity contribution in [2.75, 3.05) is 11.9 Å². The maximum absolute atomic E-state index is 12.9. The van der Waals surface area contributed by atoms with E-state index in [4.69, 9.17) is 0 Å². The number of para-hydroxylation sites is 2. The van der Waals surface area contributed by atoms with Crippen LogP contribution >= 0.6 is 0 Å². The van der Waals surface area contributed by atoms with E-state index in [1.165, 1.54) is 0 Å². The second-order valence-corrected chi connectivity index (χ2v) is 6.52. The van der Waals surface area contributed by atoms with E-state index in [0.29, 0.717) is 25.3 Å². The Morgan fingerprint density at radius 3 is 2.80 bits per heavy atom. The topological polar surface area (TPSA) is 67.2 Å². The van der Waals surface area contributed by atoms with Crippen LogP contribution in [0.4, 0.5) is 5.95 Å². The fraction of sp³-hybridized carbons (Fsp3) is 0.526. The number of imidazole rings is 1. The van der Waals surface area contributed by atoms with Gasteiger partial charge in [-0.25, -0.2) is 4.98 Å². The van der Waals surface area contributed by atoms with Crippen LogP contribution < -0.4 is 5.32 Å². The summed E-state index contributed by atoms with van der Waals surface area (Å²) in [5.41, 5.74) is 1.89. The standard InChI is InChI=1S/C19H26N4O2/c1-3-12-23-15-10-6-5-9-14(15)20-19(23)21-18(25)16-11-7-8-13-22(16)17(24)4-2/h5-6,9-10,16H,3-4,7-8,11-13H2,1-2H3,(H,20,21,25)/t16-/m1/s1. The molecule has 6 nitrogen and oxygen atoms in total. The number of fused-ring (bicyclic) bond motifs is 1. The van der Waals surface area contributed by atoms with Crippen LogP contribution in [0.5, 0.6) is 0 Å². The highest BCUT2D eigenvalue weighted by Crippen LogP contribution is 2.23. The zero-order valence-electron chi connectivity index (χ0n) is 15.0. The molecule has 1 fully saturated rings. The summed E-state index contributed by atoms with van der Waals surface area (Å²) in [5, 5.41) is 2.98. The first kappa shape index (κ1) is 17.5. The number of anilines is 1. The van der Waals surface area contributed by atoms with Gasteiger partial charge in [0.05, 0.1) is 11.0 Å². The average Bonchev–Trinajstić information content (AvgIpc) is 2.98. The molecule has 1 aromatic carbocycles. The van der Waals surface area contributed by atoms with Crippen molar-refractivity contribution in [3.8, 4) is 0 Å². The third-order valence-electron chi connectivity index (χ3n) is 4.77. The summed E-state index contributed by atoms with van der Waals surface area (Å²) in [6.07, 6.45) is 4.03. The van der Waals surface area contributed by atoms with Crippen molar-refractivity contribution in [3.05, 3.63) is 24.3 Å². The number of nitrogens with one attached hydrogen (secondary N) is 1. The van der Waals surface area contributed by atoms with E-state index in [-0.39, 0.29) is 11.8 Å². The molecule has 25 heavy (non-hydrogen) atoms. The van der Waals surface area contributed by atoms with Gasteiger partial charge in [0, 0.05) is 19.5 Å². The van der Waals surface area contributed by atoms with Crippen molar-refractivity contribution in [1.82, 2.24) is 14.5 Å². The van der Waals surface area contributed by atoms with Crippen molar-refractivity contribution < 1.29 is 9.59 Å². The van der Waals surface area contributed by atoms with Crippen LogP contribution in [0.15, 0.2) is 24.3 Å². The van der Waals surface area contributed by atoms with E-state index in [1.807, 2.05) is 35.8 Å². The van der Waals surface area contributed by atoms with E-state index in [9.17, 15) is 9.59 Å². The number of rotatable bonds is 5. The van der Waals surface area contributed by atoms with Gasteiger partial charge in [0.2, 0.25) is 17.8 Å². The van der Waals surface area contributed by atoms with E-state index in [2.05, 4.69) is 17.2 Å². The van der Waals surface area contributed by atoms with E-state index in [0.717, 1.165) is 36.8 Å². The lowest BCUT2D eigenvalue weighted by Crippen LogP contribution is -2.50. The molecule has 1 aliphatic heterocycles. The Morgan fingerprint density at radius 1 is 1.24 bits per heavy atom. The molecule has 0 spiro atoms. The van der Waals surface area contributed by atoms with Gasteiger partial charge in [0.1, 0.15) is 6.04 Å². The minimum atomic E-state index is -0.393. The van der Waals surface area contributed by atoms with Gasteiger partial charge in [-0.05, 0) is 37.8 Å². The molecule has 1 saturated heterocycles. The van der Waals surface area contributed by atoms with Gasteiger partial charge in [-0.3, -0.25) is 14.9 Å². The van der Waals surface area contributed by atoms with Crippen LogP contribution in [0.3, 0.4) is 0 Å². The van der Waals surface area contributed by atoms with Gasteiger partial charge in [0.25, 0.3) is 0 Å². The molecule has 1 aliphatic rings. The summed E-state index contributed by atoms with van der Waals surface area (Å²) in [6, 6.07) is 7.49. The van der Waals surface area contributed by atoms with Crippen LogP contribution in [0.1, 0.15) is 46.0 Å². The number of carbonyl (C=O) groups is 2. The lowest BCUT2D eigenvalue weighted by atomic mass is 10.0. The molecule has 0 unspecified atom stereocenters. The summed E-state index contributed by atoms with van der Waals surface area (Å²) >= 11 is 0. The van der Waals surface area contributed by atoms with Gasteiger partial charge in [-0.15, -0.1) is 0 Å². The molecule has 0 saturated carbocycles. The second-order valence-electron chi connectivity index (χ2n) is 6.52. The monoisotopic (exact) mass is 342 g/mol. The number of benzene rings is 1. The highest BCUT2D eigenvalue weighted by atomic mass is 16.2. The summed E-state index contributed by atoms with van der Waals surface area (Å²) < 4.78 is 2.04. The number of nitrogens with zero attached hydrogens (tertiary/aromatic N) is 3. The van der Waals surface area contributed by atoms with Crippen molar-refractivity contribution in [2.24, 2.45) is 0 Å². The quantitative estimate of drug-likeness (QED) is 0.907. The summed E-state index contributed by atoms with van der Waals surface area (Å²) in [5.74, 6) is 0.485. The fourth-order valence-corrected chi connectivity index (χ4v) is 3.52. The van der Waals surface area contributed by atoms with E-state index in [1.54, 1.807) is 4.90 Å². The maximum atomic E-state index is 12.9. The third kappa shape index (κ3) is 3.52. The number of aryl methyl sites for hydroxylation is 1. The van der Waals surface area contributed by atoms with Gasteiger partial charge in [0.15, 0.2) is 0 Å². The molecule has 2 heterocycles. The van der Waals surface area contributed by atoms with Crippen molar-refractivity contribution in [1.29, 1.82) is 0 Å². The minimum Gasteiger partial charge on any atom is -0.331 e. The number of hydrogen-bond donors (Lipinski definition) is 1. The summed E-state index contributed by atoms with van der Waals surface area (Å²) in [7, 11) is 0. The molecule has 1 N–H and O–H groups in total. The Hall–Kier alpha value is -2.37. The molecule has 0 radical (unpaired) electrons. The first-order chi connectivity index (χ1) is 12.2. The third-order valence-corrected chi connectivity index (χ3v) is 4.77. The Kier molecular flexibility index (Phi) is 5.36. The van der Waals surface area contributed by atoms with Crippen LogP contribution in [-0.2, 0) is 16.1 Å². The molecule has 6 heteroatoms. The maximum Gasteiger partial charge on any atom is 0.249 e. The number of carbonyl (C=O) groups excluding carboxylic acids is 2. The first-order valence-electron chi connectivity index (χ1n) is 9.21. The molecular weight excluding hydrogens is 316 g/mol. The molecule has 3 rings (SSSR count). The Morgan fingerprint density at radius 2 is 2.04 bits per heavy atom. The van der Waals surface area contributed by atoms with Crippen molar-refractivity contribution in [3.63, 3.8) is 0 Å². The lowest BCUT2D eigenvalue weighted by molar-refractivity contribution is -0.140. The molecule has 134 valence electrons. The Labute approximate surface area is 148 Å². The molecule has 2 amide bonds. The Bertz CT molecular complexity index is 768. The van der Waals surface area contributed by atoms with E-state index < -0.39 is 6.04 Å². The predicted octanol–water partition coefficient (Wildman–Crippen LogP) is 3.18. The second kappa shape index (κ2) is 7.68. The van der Waals surface area contributed by atoms with Crippen LogP contribution in [0.25, 0.3) is 11.0 Å². The molecule has 0 aliphatic carbocycles. The molecule has 1 aromatic heterocycles. The fourth-order valence-electron chi connectivity index (χ4n) is 3.52. The average molecular weight is 342 g/mol. The van der Waals surface area contributed by atoms with Gasteiger partial charge >= 0.3 is 0 Å². The number of aromatic nitrogens is 2. The smallest absolute Gasteiger partial charge is 0.249 e. The number of piperidine rings is 1. The predicted molar refractivity (Wildman–Crippen MR) is 98.3 cm³/mol. The number of amides is 2. The van der Waals surface area contributed by atoms with Crippen molar-refractivity contribution in [2.45, 2.75) is 58.5 Å². The molecular formula is C19H26N4O2. The largest absolute Gasteiger partial charge is 0.331 e. The lowest BCUT2D eigenvalue weighted by Gasteiger charge is -2.34. The van der Waals surface area contributed by atoms with Crippen LogP contribution in [0.2, 0.25) is 0 Å². The van der Waals surface area contributed by atoms with Gasteiger partial charge in [-0.1, -0.05) is 26.0 Å². The first-order valence-corrected chi connectivity index (χ1v) is 9.21. The minimum absolute atomic E-state index is 0.0434. The molecule has 0 bridgehead atoms. The molecule has 2 aromatic rings. The van der Waals surface area contributed by atoms with E-state index >= 15 is 0 Å². The summed E-state index contributed by atoms with van der Waals surface area (Å²) in [6.45, 7) is 5.39. The summed E-state index contributed by atoms with van der Waals surface area (Å²) in [4.78, 5) is 31.4. The normalized spacial score (nSPS) is 17.7. The zero-order valence-corrected chi connectivity index (χ0v) is 15.0. The highest BCUT2D eigenvalue weighted by Gasteiger charge is 2.32.